The van der Waals surface area contributed by atoms with Crippen LogP contribution in [-0.2, 0) is 36.5 Å². The van der Waals surface area contributed by atoms with Crippen molar-refractivity contribution in [2.24, 2.45) is 5.92 Å². The van der Waals surface area contributed by atoms with Gasteiger partial charge in [-0.15, -0.1) is 0 Å². The summed E-state index contributed by atoms with van der Waals surface area (Å²) in [6.07, 6.45) is -3.63. The van der Waals surface area contributed by atoms with Crippen LogP contribution in [0.15, 0.2) is 18.3 Å². The first kappa shape index (κ1) is 29.9. The molecule has 0 radical (unpaired) electrons. The van der Waals surface area contributed by atoms with Crippen LogP contribution >= 0.6 is 7.60 Å². The highest BCUT2D eigenvalue weighted by Crippen LogP contribution is 2.47. The van der Waals surface area contributed by atoms with Gasteiger partial charge in [0, 0.05) is 38.3 Å². The summed E-state index contributed by atoms with van der Waals surface area (Å²) in [5.41, 5.74) is -0.583. The Balaban J connectivity index is 1.46. The van der Waals surface area contributed by atoms with E-state index in [9.17, 15) is 29.9 Å². The zero-order valence-electron chi connectivity index (χ0n) is 22.1. The standard InChI is InChI=1S/C24H40N3O10P/c1-5-16-18(28)17(25-3)20-21(19(16)29)36-22-24(31,37-20)23(30,8-13(2)35-22)12-26-10-15-7-6-14(9-27-15)11-34-38(4,32)33/h6-7,9,13,16-22,25-26,28-31H,5,8,10-12H2,1-4H3,(H,32,33)/t13-,16-,17+,18+,19+,20-,21-,22+,23-,24-/m1/s1. The number of ether oxygens (including phenoxy) is 3. The van der Waals surface area contributed by atoms with Gasteiger partial charge in [-0.25, -0.2) is 0 Å². The second kappa shape index (κ2) is 11.4. The van der Waals surface area contributed by atoms with Gasteiger partial charge >= 0.3 is 7.60 Å². The monoisotopic (exact) mass is 561 g/mol. The second-order valence-corrected chi connectivity index (χ2v) is 12.5. The van der Waals surface area contributed by atoms with Crippen molar-refractivity contribution in [3.05, 3.63) is 29.6 Å². The molecule has 4 rings (SSSR count). The predicted molar refractivity (Wildman–Crippen MR) is 134 cm³/mol. The van der Waals surface area contributed by atoms with E-state index < -0.39 is 67.8 Å². The number of hydrogen-bond donors (Lipinski definition) is 7. The molecular weight excluding hydrogens is 521 g/mol. The molecule has 11 atom stereocenters. The van der Waals surface area contributed by atoms with Crippen molar-refractivity contribution < 1.29 is 48.6 Å². The molecule has 1 aromatic rings. The number of nitrogens with zero attached hydrogens (tertiary/aromatic N) is 1. The number of hydrogen-bond acceptors (Lipinski definition) is 12. The van der Waals surface area contributed by atoms with E-state index >= 15 is 0 Å². The fraction of sp³-hybridized carbons (Fsp3) is 0.792. The largest absolute Gasteiger partial charge is 0.391 e. The van der Waals surface area contributed by atoms with Gasteiger partial charge in [-0.3, -0.25) is 9.55 Å². The normalized spacial score (nSPS) is 42.7. The highest BCUT2D eigenvalue weighted by Gasteiger charge is 2.68. The summed E-state index contributed by atoms with van der Waals surface area (Å²) in [5.74, 6) is -2.75. The van der Waals surface area contributed by atoms with Crippen LogP contribution in [0.4, 0.5) is 0 Å². The molecule has 1 saturated carbocycles. The van der Waals surface area contributed by atoms with Gasteiger partial charge in [0.2, 0.25) is 12.1 Å². The number of aliphatic hydroxyl groups excluding tert-OH is 2. The third kappa shape index (κ3) is 5.85. The van der Waals surface area contributed by atoms with Crippen LogP contribution < -0.4 is 10.6 Å². The highest BCUT2D eigenvalue weighted by atomic mass is 31.2. The number of likely N-dealkylation sites (N-methyl/N-ethyl adjacent to an activating group) is 1. The first-order chi connectivity index (χ1) is 17.8. The molecule has 38 heavy (non-hydrogen) atoms. The first-order valence-corrected chi connectivity index (χ1v) is 14.9. The number of rotatable bonds is 9. The average Bonchev–Trinajstić information content (AvgIpc) is 2.84. The zero-order valence-corrected chi connectivity index (χ0v) is 23.0. The van der Waals surface area contributed by atoms with E-state index in [1.807, 2.05) is 6.92 Å². The number of pyridine rings is 1. The maximum absolute atomic E-state index is 11.7. The average molecular weight is 562 g/mol. The molecule has 13 nitrogen and oxygen atoms in total. The van der Waals surface area contributed by atoms with Gasteiger partial charge in [0.05, 0.1) is 36.7 Å². The maximum atomic E-state index is 11.7. The molecule has 7 N–H and O–H groups in total. The van der Waals surface area contributed by atoms with Gasteiger partial charge in [0.15, 0.2) is 0 Å². The minimum Gasteiger partial charge on any atom is -0.391 e. The Morgan fingerprint density at radius 3 is 2.55 bits per heavy atom. The minimum absolute atomic E-state index is 0.0304. The van der Waals surface area contributed by atoms with Gasteiger partial charge in [0.1, 0.15) is 17.8 Å². The first-order valence-electron chi connectivity index (χ1n) is 12.9. The summed E-state index contributed by atoms with van der Waals surface area (Å²) in [5, 5.41) is 51.3. The molecule has 2 aliphatic heterocycles. The summed E-state index contributed by atoms with van der Waals surface area (Å²) in [6, 6.07) is 2.78. The van der Waals surface area contributed by atoms with E-state index in [4.69, 9.17) is 18.7 Å². The molecule has 0 aromatic carbocycles. The number of aromatic nitrogens is 1. The number of aliphatic hydroxyl groups is 4. The zero-order chi connectivity index (χ0) is 27.9. The van der Waals surface area contributed by atoms with E-state index in [0.29, 0.717) is 17.7 Å². The van der Waals surface area contributed by atoms with Gasteiger partial charge in [-0.2, -0.15) is 0 Å². The minimum atomic E-state index is -3.59. The van der Waals surface area contributed by atoms with Crippen molar-refractivity contribution in [2.75, 3.05) is 20.3 Å². The summed E-state index contributed by atoms with van der Waals surface area (Å²) < 4.78 is 34.2. The fourth-order valence-electron chi connectivity index (χ4n) is 5.69. The molecular formula is C24H40N3O10P. The van der Waals surface area contributed by atoms with Crippen LogP contribution in [0.5, 0.6) is 0 Å². The Morgan fingerprint density at radius 1 is 1.21 bits per heavy atom. The Kier molecular flexibility index (Phi) is 9.00. The molecule has 1 unspecified atom stereocenters. The van der Waals surface area contributed by atoms with E-state index in [1.54, 1.807) is 26.1 Å². The summed E-state index contributed by atoms with van der Waals surface area (Å²) in [4.78, 5) is 13.6. The molecule has 2 saturated heterocycles. The van der Waals surface area contributed by atoms with Crippen molar-refractivity contribution in [3.8, 4) is 0 Å². The molecule has 0 amide bonds. The lowest BCUT2D eigenvalue weighted by Gasteiger charge is -2.60. The Hall–Kier alpha value is -1.06. The molecule has 3 fully saturated rings. The Bertz CT molecular complexity index is 998. The molecule has 0 bridgehead atoms. The van der Waals surface area contributed by atoms with Gasteiger partial charge in [-0.1, -0.05) is 13.0 Å². The van der Waals surface area contributed by atoms with Crippen LogP contribution in [-0.4, -0.2) is 105 Å². The molecule has 3 aliphatic rings. The lowest BCUT2D eigenvalue weighted by molar-refractivity contribution is -0.483. The lowest BCUT2D eigenvalue weighted by Crippen LogP contribution is -2.80. The fourth-order valence-corrected chi connectivity index (χ4v) is 6.08. The van der Waals surface area contributed by atoms with Crippen molar-refractivity contribution in [1.29, 1.82) is 0 Å². The SMILES string of the molecule is CC[C@@H]1[C@H](O)[C@H](NC)[C@H]2O[C@]3(O)[C@H](O[C@@H]2[C@H]1O)O[C@H](C)C[C@@]3(O)CNCc1ccc(COP(C)(=O)O)cn1. The Labute approximate surface area is 222 Å². The van der Waals surface area contributed by atoms with Crippen LogP contribution in [0.1, 0.15) is 37.9 Å². The van der Waals surface area contributed by atoms with E-state index in [1.165, 1.54) is 6.20 Å². The summed E-state index contributed by atoms with van der Waals surface area (Å²) >= 11 is 0. The van der Waals surface area contributed by atoms with Crippen molar-refractivity contribution in [2.45, 2.75) is 94.1 Å². The van der Waals surface area contributed by atoms with Crippen LogP contribution in [0.3, 0.4) is 0 Å². The number of fused-ring (bicyclic) bond motifs is 2. The molecule has 0 spiro atoms. The Morgan fingerprint density at radius 2 is 1.95 bits per heavy atom. The third-order valence-corrected chi connectivity index (χ3v) is 8.32. The van der Waals surface area contributed by atoms with Crippen LogP contribution in [0, 0.1) is 5.92 Å². The smallest absolute Gasteiger partial charge is 0.325 e. The lowest BCUT2D eigenvalue weighted by atomic mass is 9.74. The summed E-state index contributed by atoms with van der Waals surface area (Å²) in [6.45, 7) is 4.82. The molecule has 1 aromatic heterocycles. The van der Waals surface area contributed by atoms with E-state index in [0.717, 1.165) is 6.66 Å². The van der Waals surface area contributed by atoms with Crippen molar-refractivity contribution >= 4 is 7.60 Å². The summed E-state index contributed by atoms with van der Waals surface area (Å²) in [7, 11) is -1.94. The third-order valence-electron chi connectivity index (χ3n) is 7.71. The van der Waals surface area contributed by atoms with E-state index in [-0.39, 0.29) is 26.1 Å². The highest BCUT2D eigenvalue weighted by molar-refractivity contribution is 7.51. The van der Waals surface area contributed by atoms with Crippen molar-refractivity contribution in [1.82, 2.24) is 15.6 Å². The topological polar surface area (TPSA) is 192 Å². The van der Waals surface area contributed by atoms with E-state index in [2.05, 4.69) is 15.6 Å². The van der Waals surface area contributed by atoms with Gasteiger partial charge in [-0.05, 0) is 32.0 Å². The number of nitrogens with one attached hydrogen (secondary N) is 2. The molecule has 3 heterocycles. The van der Waals surface area contributed by atoms with Gasteiger partial charge < -0.3 is 54.7 Å². The molecule has 216 valence electrons. The van der Waals surface area contributed by atoms with Crippen LogP contribution in [0.25, 0.3) is 0 Å². The maximum Gasteiger partial charge on any atom is 0.325 e. The molecule has 1 aliphatic carbocycles. The quantitative estimate of drug-likeness (QED) is 0.185. The van der Waals surface area contributed by atoms with Gasteiger partial charge in [0.25, 0.3) is 0 Å². The predicted octanol–water partition coefficient (Wildman–Crippen LogP) is -0.809. The van der Waals surface area contributed by atoms with Crippen LogP contribution in [0.2, 0.25) is 0 Å². The van der Waals surface area contributed by atoms with Crippen molar-refractivity contribution in [3.63, 3.8) is 0 Å². The second-order valence-electron chi connectivity index (χ2n) is 10.6. The molecule has 14 heteroatoms.